The molecule has 0 saturated carbocycles. The molecule has 0 spiro atoms. The van der Waals surface area contributed by atoms with Gasteiger partial charge >= 0.3 is 0 Å². The summed E-state index contributed by atoms with van der Waals surface area (Å²) in [5, 5.41) is 21.2. The van der Waals surface area contributed by atoms with Crippen LogP contribution in [0.2, 0.25) is 5.02 Å². The molecule has 2 aromatic rings. The van der Waals surface area contributed by atoms with Gasteiger partial charge in [0.2, 0.25) is 0 Å². The first-order valence-corrected chi connectivity index (χ1v) is 8.22. The molecule has 1 atom stereocenters. The Labute approximate surface area is 127 Å². The third-order valence-electron chi connectivity index (χ3n) is 3.83. The van der Waals surface area contributed by atoms with Gasteiger partial charge < -0.3 is 15.7 Å². The zero-order valence-electron chi connectivity index (χ0n) is 11.3. The van der Waals surface area contributed by atoms with Gasteiger partial charge in [0.05, 0.1) is 5.60 Å². The van der Waals surface area contributed by atoms with Crippen LogP contribution in [0.4, 0.5) is 0 Å². The Morgan fingerprint density at radius 2 is 2.35 bits per heavy atom. The summed E-state index contributed by atoms with van der Waals surface area (Å²) in [6.07, 6.45) is 1.90. The van der Waals surface area contributed by atoms with Gasteiger partial charge in [0.1, 0.15) is 0 Å². The summed E-state index contributed by atoms with van der Waals surface area (Å²) in [5.74, 6) is 0. The maximum absolute atomic E-state index is 10.4. The molecule has 1 aliphatic heterocycles. The topological polar surface area (TPSA) is 44.3 Å². The van der Waals surface area contributed by atoms with E-state index < -0.39 is 5.60 Å². The largest absolute Gasteiger partial charge is 0.387 e. The van der Waals surface area contributed by atoms with Crippen LogP contribution in [0.5, 0.6) is 0 Å². The molecule has 3 N–H and O–H groups in total. The number of benzene rings is 1. The minimum absolute atomic E-state index is 0.609. The third kappa shape index (κ3) is 3.15. The average Bonchev–Trinajstić information content (AvgIpc) is 2.82. The zero-order valence-corrected chi connectivity index (χ0v) is 12.9. The number of rotatable bonds is 4. The molecule has 1 aliphatic rings. The molecule has 0 unspecified atom stereocenters. The van der Waals surface area contributed by atoms with E-state index in [1.807, 2.05) is 12.1 Å². The van der Waals surface area contributed by atoms with Crippen LogP contribution in [0.15, 0.2) is 23.6 Å². The predicted molar refractivity (Wildman–Crippen MR) is 85.6 cm³/mol. The van der Waals surface area contributed by atoms with Gasteiger partial charge in [0, 0.05) is 29.4 Å². The lowest BCUT2D eigenvalue weighted by molar-refractivity contribution is 0.0169. The summed E-state index contributed by atoms with van der Waals surface area (Å²) >= 11 is 7.80. The maximum Gasteiger partial charge on any atom is 0.0895 e. The first kappa shape index (κ1) is 14.3. The van der Waals surface area contributed by atoms with Crippen LogP contribution in [0.25, 0.3) is 10.1 Å². The van der Waals surface area contributed by atoms with Crippen molar-refractivity contribution in [3.63, 3.8) is 0 Å². The summed E-state index contributed by atoms with van der Waals surface area (Å²) in [6, 6.07) is 6.00. The van der Waals surface area contributed by atoms with E-state index in [0.717, 1.165) is 31.0 Å². The Morgan fingerprint density at radius 3 is 3.15 bits per heavy atom. The minimum atomic E-state index is -0.609. The highest BCUT2D eigenvalue weighted by atomic mass is 35.5. The molecule has 108 valence electrons. The molecule has 0 aliphatic carbocycles. The number of hydrogen-bond donors (Lipinski definition) is 3. The van der Waals surface area contributed by atoms with E-state index in [9.17, 15) is 5.11 Å². The van der Waals surface area contributed by atoms with E-state index in [2.05, 4.69) is 22.1 Å². The van der Waals surface area contributed by atoms with E-state index in [-0.39, 0.29) is 0 Å². The van der Waals surface area contributed by atoms with Gasteiger partial charge in [-0.25, -0.2) is 0 Å². The number of aliphatic hydroxyl groups is 1. The fraction of sp³-hybridized carbons (Fsp3) is 0.467. The number of β-amino-alcohol motifs (C(OH)–C–C–N with tert-alkyl or cyclic N) is 1. The molecule has 2 heterocycles. The SMILES string of the molecule is O[C@@]1(CNCc2csc3ccc(Cl)cc23)CCCNC1. The lowest BCUT2D eigenvalue weighted by Gasteiger charge is -2.32. The number of halogens is 1. The maximum atomic E-state index is 10.4. The zero-order chi connectivity index (χ0) is 14.0. The van der Waals surface area contributed by atoms with Gasteiger partial charge in [0.15, 0.2) is 0 Å². The lowest BCUT2D eigenvalue weighted by atomic mass is 9.94. The van der Waals surface area contributed by atoms with Crippen LogP contribution in [-0.2, 0) is 6.54 Å². The third-order valence-corrected chi connectivity index (χ3v) is 5.08. The molecular weight excluding hydrogens is 292 g/mol. The van der Waals surface area contributed by atoms with Crippen LogP contribution in [-0.4, -0.2) is 30.3 Å². The molecule has 5 heteroatoms. The van der Waals surface area contributed by atoms with Gasteiger partial charge in [-0.15, -0.1) is 11.3 Å². The van der Waals surface area contributed by atoms with Crippen molar-refractivity contribution in [2.24, 2.45) is 0 Å². The van der Waals surface area contributed by atoms with Gasteiger partial charge in [-0.3, -0.25) is 0 Å². The lowest BCUT2D eigenvalue weighted by Crippen LogP contribution is -2.51. The van der Waals surface area contributed by atoms with E-state index in [0.29, 0.717) is 13.1 Å². The Hall–Kier alpha value is -0.650. The van der Waals surface area contributed by atoms with Crippen LogP contribution in [0.3, 0.4) is 0 Å². The average molecular weight is 311 g/mol. The molecule has 0 bridgehead atoms. The van der Waals surface area contributed by atoms with E-state index in [4.69, 9.17) is 11.6 Å². The first-order chi connectivity index (χ1) is 9.66. The number of hydrogen-bond acceptors (Lipinski definition) is 4. The molecule has 1 aromatic heterocycles. The van der Waals surface area contributed by atoms with Gasteiger partial charge in [-0.1, -0.05) is 11.6 Å². The van der Waals surface area contributed by atoms with Crippen molar-refractivity contribution in [3.8, 4) is 0 Å². The molecule has 0 radical (unpaired) electrons. The number of fused-ring (bicyclic) bond motifs is 1. The second kappa shape index (κ2) is 6.00. The monoisotopic (exact) mass is 310 g/mol. The fourth-order valence-corrected chi connectivity index (χ4v) is 3.84. The second-order valence-corrected chi connectivity index (χ2v) is 6.86. The second-order valence-electron chi connectivity index (χ2n) is 5.51. The summed E-state index contributed by atoms with van der Waals surface area (Å²) in [5.41, 5.74) is 0.640. The molecule has 1 saturated heterocycles. The number of nitrogens with one attached hydrogen (secondary N) is 2. The highest BCUT2D eigenvalue weighted by Crippen LogP contribution is 2.28. The van der Waals surface area contributed by atoms with Gasteiger partial charge in [-0.2, -0.15) is 0 Å². The first-order valence-electron chi connectivity index (χ1n) is 6.96. The smallest absolute Gasteiger partial charge is 0.0895 e. The van der Waals surface area contributed by atoms with Gasteiger partial charge in [-0.05, 0) is 53.9 Å². The molecular formula is C15H19ClN2OS. The van der Waals surface area contributed by atoms with Crippen LogP contribution in [0, 0.1) is 0 Å². The highest BCUT2D eigenvalue weighted by Gasteiger charge is 2.28. The Kier molecular flexibility index (Phi) is 4.29. The van der Waals surface area contributed by atoms with Crippen LogP contribution >= 0.6 is 22.9 Å². The van der Waals surface area contributed by atoms with Gasteiger partial charge in [0.25, 0.3) is 0 Å². The Balaban J connectivity index is 1.63. The highest BCUT2D eigenvalue weighted by molar-refractivity contribution is 7.17. The van der Waals surface area contributed by atoms with Crippen molar-refractivity contribution in [2.75, 3.05) is 19.6 Å². The van der Waals surface area contributed by atoms with Crippen molar-refractivity contribution in [2.45, 2.75) is 25.0 Å². The van der Waals surface area contributed by atoms with Crippen LogP contribution in [0.1, 0.15) is 18.4 Å². The quantitative estimate of drug-likeness (QED) is 0.813. The summed E-state index contributed by atoms with van der Waals surface area (Å²) < 4.78 is 1.25. The molecule has 0 amide bonds. The molecule has 20 heavy (non-hydrogen) atoms. The molecule has 1 aromatic carbocycles. The fourth-order valence-electron chi connectivity index (χ4n) is 2.72. The van der Waals surface area contributed by atoms with Crippen molar-refractivity contribution < 1.29 is 5.11 Å². The normalized spacial score (nSPS) is 23.3. The van der Waals surface area contributed by atoms with E-state index in [1.54, 1.807) is 11.3 Å². The molecule has 3 rings (SSSR count). The van der Waals surface area contributed by atoms with Crippen molar-refractivity contribution in [1.82, 2.24) is 10.6 Å². The van der Waals surface area contributed by atoms with Crippen molar-refractivity contribution in [3.05, 3.63) is 34.2 Å². The summed E-state index contributed by atoms with van der Waals surface area (Å²) in [4.78, 5) is 0. The number of thiophene rings is 1. The standard InChI is InChI=1S/C15H19ClN2OS/c16-12-2-3-14-13(6-12)11(8-20-14)7-18-10-15(19)4-1-5-17-9-15/h2-3,6,8,17-19H,1,4-5,7,9-10H2/t15-/m0/s1. The van der Waals surface area contributed by atoms with Crippen LogP contribution < -0.4 is 10.6 Å². The minimum Gasteiger partial charge on any atom is -0.387 e. The summed E-state index contributed by atoms with van der Waals surface area (Å²) in [7, 11) is 0. The van der Waals surface area contributed by atoms with E-state index in [1.165, 1.54) is 15.6 Å². The summed E-state index contributed by atoms with van der Waals surface area (Å²) in [6.45, 7) is 3.08. The van der Waals surface area contributed by atoms with E-state index >= 15 is 0 Å². The number of piperidine rings is 1. The van der Waals surface area contributed by atoms with Crippen molar-refractivity contribution >= 4 is 33.0 Å². The molecule has 1 fully saturated rings. The molecule has 3 nitrogen and oxygen atoms in total. The predicted octanol–water partition coefficient (Wildman–Crippen LogP) is 2.76. The van der Waals surface area contributed by atoms with Crippen molar-refractivity contribution in [1.29, 1.82) is 0 Å². The Morgan fingerprint density at radius 1 is 1.45 bits per heavy atom. The Bertz CT molecular complexity index is 593.